The average molecular weight is 317 g/mol. The van der Waals surface area contributed by atoms with Crippen molar-refractivity contribution in [3.8, 4) is 0 Å². The van der Waals surface area contributed by atoms with Gasteiger partial charge in [-0.05, 0) is 13.0 Å². The molecule has 1 atom stereocenters. The molecule has 1 saturated heterocycles. The van der Waals surface area contributed by atoms with Gasteiger partial charge in [0.2, 0.25) is 10.0 Å². The Morgan fingerprint density at radius 1 is 1.58 bits per heavy atom. The summed E-state index contributed by atoms with van der Waals surface area (Å²) >= 11 is 0. The third-order valence-electron chi connectivity index (χ3n) is 2.63. The second-order valence-electron chi connectivity index (χ2n) is 4.10. The molecule has 1 aliphatic heterocycles. The molecule has 19 heavy (non-hydrogen) atoms. The van der Waals surface area contributed by atoms with Crippen molar-refractivity contribution in [3.05, 3.63) is 12.4 Å². The molecule has 0 radical (unpaired) electrons. The maximum Gasteiger partial charge on any atom is 0.257 e. The summed E-state index contributed by atoms with van der Waals surface area (Å²) in [6.07, 6.45) is 0.335. The van der Waals surface area contributed by atoms with Gasteiger partial charge in [-0.3, -0.25) is 4.68 Å². The van der Waals surface area contributed by atoms with E-state index >= 15 is 0 Å². The smallest absolute Gasteiger partial charge is 0.257 e. The van der Waals surface area contributed by atoms with Gasteiger partial charge in [0, 0.05) is 18.8 Å². The maximum atomic E-state index is 12.1. The van der Waals surface area contributed by atoms with E-state index in [9.17, 15) is 17.2 Å². The highest BCUT2D eigenvalue weighted by atomic mass is 35.5. The van der Waals surface area contributed by atoms with E-state index < -0.39 is 23.0 Å². The van der Waals surface area contributed by atoms with Crippen molar-refractivity contribution in [1.82, 2.24) is 19.8 Å². The van der Waals surface area contributed by atoms with E-state index in [1.165, 1.54) is 0 Å². The number of aromatic nitrogens is 2. The number of sulfonamides is 1. The first-order valence-corrected chi connectivity index (χ1v) is 6.99. The predicted molar refractivity (Wildman–Crippen MR) is 67.1 cm³/mol. The van der Waals surface area contributed by atoms with Gasteiger partial charge in [-0.1, -0.05) is 0 Å². The molecular weight excluding hydrogens is 302 g/mol. The Hall–Kier alpha value is -0.770. The van der Waals surface area contributed by atoms with Crippen molar-refractivity contribution in [3.63, 3.8) is 0 Å². The molecule has 1 aromatic rings. The molecule has 1 fully saturated rings. The molecule has 1 aromatic heterocycles. The Labute approximate surface area is 116 Å². The van der Waals surface area contributed by atoms with Crippen LogP contribution in [-0.4, -0.2) is 43.8 Å². The molecule has 0 aromatic carbocycles. The van der Waals surface area contributed by atoms with Gasteiger partial charge in [0.15, 0.2) is 0 Å². The summed E-state index contributed by atoms with van der Waals surface area (Å²) in [5.74, 6) is 0. The molecular formula is C9H15ClF2N4O2S. The number of hydrogen-bond donors (Lipinski definition) is 2. The summed E-state index contributed by atoms with van der Waals surface area (Å²) in [6, 6.07) is -0.159. The van der Waals surface area contributed by atoms with Crippen LogP contribution in [0.25, 0.3) is 0 Å². The van der Waals surface area contributed by atoms with Crippen LogP contribution in [0.2, 0.25) is 0 Å². The zero-order chi connectivity index (χ0) is 13.2. The van der Waals surface area contributed by atoms with E-state index in [0.29, 0.717) is 13.0 Å². The van der Waals surface area contributed by atoms with Crippen LogP contribution in [0.15, 0.2) is 17.3 Å². The van der Waals surface area contributed by atoms with Gasteiger partial charge in [-0.2, -0.15) is 5.10 Å². The van der Waals surface area contributed by atoms with Crippen LogP contribution < -0.4 is 10.0 Å². The fourth-order valence-electron chi connectivity index (χ4n) is 1.77. The van der Waals surface area contributed by atoms with E-state index in [4.69, 9.17) is 0 Å². The highest BCUT2D eigenvalue weighted by molar-refractivity contribution is 7.89. The van der Waals surface area contributed by atoms with Crippen molar-refractivity contribution >= 4 is 22.4 Å². The summed E-state index contributed by atoms with van der Waals surface area (Å²) in [5, 5.41) is 6.63. The molecule has 0 amide bonds. The predicted octanol–water partition coefficient (Wildman–Crippen LogP) is 0.210. The maximum absolute atomic E-state index is 12.1. The minimum Gasteiger partial charge on any atom is -0.315 e. The Morgan fingerprint density at radius 2 is 2.32 bits per heavy atom. The number of alkyl halides is 2. The number of rotatable bonds is 5. The molecule has 0 bridgehead atoms. The normalized spacial score (nSPS) is 19.6. The largest absolute Gasteiger partial charge is 0.315 e. The molecule has 2 rings (SSSR count). The second-order valence-corrected chi connectivity index (χ2v) is 5.81. The fourth-order valence-corrected chi connectivity index (χ4v) is 2.99. The molecule has 2 heterocycles. The molecule has 110 valence electrons. The Morgan fingerprint density at radius 3 is 2.89 bits per heavy atom. The van der Waals surface area contributed by atoms with Crippen LogP contribution in [-0.2, 0) is 16.6 Å². The van der Waals surface area contributed by atoms with E-state index in [1.807, 2.05) is 0 Å². The van der Waals surface area contributed by atoms with Gasteiger partial charge < -0.3 is 5.32 Å². The summed E-state index contributed by atoms with van der Waals surface area (Å²) in [4.78, 5) is -0.0879. The van der Waals surface area contributed by atoms with Crippen molar-refractivity contribution in [2.45, 2.75) is 30.3 Å². The van der Waals surface area contributed by atoms with Crippen LogP contribution in [0.3, 0.4) is 0 Å². The molecule has 1 aliphatic rings. The first-order chi connectivity index (χ1) is 8.47. The van der Waals surface area contributed by atoms with E-state index in [2.05, 4.69) is 15.1 Å². The molecule has 10 heteroatoms. The molecule has 0 spiro atoms. The Bertz CT molecular complexity index is 502. The fraction of sp³-hybridized carbons (Fsp3) is 0.667. The van der Waals surface area contributed by atoms with Gasteiger partial charge in [0.25, 0.3) is 6.43 Å². The lowest BCUT2D eigenvalue weighted by Gasteiger charge is -2.10. The number of halogens is 3. The minimum atomic E-state index is -3.68. The first kappa shape index (κ1) is 16.3. The standard InChI is InChI=1S/C9H14F2N4O2S.ClH/c10-9(11)6-15-5-8(4-13-15)18(16,17)14-7-1-2-12-3-7;/h4-5,7,9,12,14H,1-3,6H2;1H. The van der Waals surface area contributed by atoms with Crippen LogP contribution in [0.5, 0.6) is 0 Å². The van der Waals surface area contributed by atoms with Gasteiger partial charge in [-0.25, -0.2) is 21.9 Å². The summed E-state index contributed by atoms with van der Waals surface area (Å²) in [7, 11) is -3.68. The van der Waals surface area contributed by atoms with E-state index in [-0.39, 0.29) is 23.3 Å². The molecule has 0 saturated carbocycles. The SMILES string of the molecule is Cl.O=S(=O)(NC1CCNC1)c1cnn(CC(F)F)c1. The molecule has 1 unspecified atom stereocenters. The molecule has 6 nitrogen and oxygen atoms in total. The zero-order valence-corrected chi connectivity index (χ0v) is 11.6. The van der Waals surface area contributed by atoms with E-state index in [0.717, 1.165) is 23.6 Å². The summed E-state index contributed by atoms with van der Waals surface area (Å²) < 4.78 is 51.5. The van der Waals surface area contributed by atoms with Crippen molar-refractivity contribution in [2.75, 3.05) is 13.1 Å². The van der Waals surface area contributed by atoms with Crippen LogP contribution in [0, 0.1) is 0 Å². The topological polar surface area (TPSA) is 76.0 Å². The lowest BCUT2D eigenvalue weighted by molar-refractivity contribution is 0.121. The zero-order valence-electron chi connectivity index (χ0n) is 9.92. The number of nitrogens with one attached hydrogen (secondary N) is 2. The van der Waals surface area contributed by atoms with Gasteiger partial charge >= 0.3 is 0 Å². The number of hydrogen-bond acceptors (Lipinski definition) is 4. The van der Waals surface area contributed by atoms with E-state index in [1.54, 1.807) is 0 Å². The third kappa shape index (κ3) is 4.37. The monoisotopic (exact) mass is 316 g/mol. The lowest BCUT2D eigenvalue weighted by Crippen LogP contribution is -2.36. The lowest BCUT2D eigenvalue weighted by atomic mass is 10.3. The van der Waals surface area contributed by atoms with Crippen molar-refractivity contribution in [2.24, 2.45) is 0 Å². The van der Waals surface area contributed by atoms with Gasteiger partial charge in [-0.15, -0.1) is 12.4 Å². The number of nitrogens with zero attached hydrogens (tertiary/aromatic N) is 2. The van der Waals surface area contributed by atoms with Gasteiger partial charge in [0.05, 0.1) is 6.20 Å². The van der Waals surface area contributed by atoms with Crippen LogP contribution in [0.1, 0.15) is 6.42 Å². The minimum absolute atomic E-state index is 0. The second kappa shape index (κ2) is 6.60. The van der Waals surface area contributed by atoms with Gasteiger partial charge in [0.1, 0.15) is 11.4 Å². The first-order valence-electron chi connectivity index (χ1n) is 5.51. The summed E-state index contributed by atoms with van der Waals surface area (Å²) in [5.41, 5.74) is 0. The Kier molecular flexibility index (Phi) is 5.65. The average Bonchev–Trinajstić information content (AvgIpc) is 2.87. The highest BCUT2D eigenvalue weighted by Gasteiger charge is 2.24. The highest BCUT2D eigenvalue weighted by Crippen LogP contribution is 2.10. The Balaban J connectivity index is 0.00000180. The third-order valence-corrected chi connectivity index (χ3v) is 4.10. The van der Waals surface area contributed by atoms with Crippen molar-refractivity contribution < 1.29 is 17.2 Å². The van der Waals surface area contributed by atoms with Crippen LogP contribution >= 0.6 is 12.4 Å². The quantitative estimate of drug-likeness (QED) is 0.814. The molecule has 2 N–H and O–H groups in total. The van der Waals surface area contributed by atoms with Crippen molar-refractivity contribution in [1.29, 1.82) is 0 Å². The summed E-state index contributed by atoms with van der Waals surface area (Å²) in [6.45, 7) is 0.725. The van der Waals surface area contributed by atoms with Crippen LogP contribution in [0.4, 0.5) is 8.78 Å². The molecule has 0 aliphatic carbocycles.